The van der Waals surface area contributed by atoms with E-state index in [1.807, 2.05) is 0 Å². The normalized spacial score (nSPS) is 14.2. The van der Waals surface area contributed by atoms with Gasteiger partial charge in [-0.2, -0.15) is 8.42 Å². The summed E-state index contributed by atoms with van der Waals surface area (Å²) in [6.07, 6.45) is 0.546. The molecule has 0 heterocycles. The van der Waals surface area contributed by atoms with E-state index in [0.717, 1.165) is 5.56 Å². The van der Waals surface area contributed by atoms with Crippen molar-refractivity contribution in [3.05, 3.63) is 28.3 Å². The van der Waals surface area contributed by atoms with Crippen LogP contribution >= 0.6 is 11.6 Å². The maximum absolute atomic E-state index is 10.7. The Morgan fingerprint density at radius 3 is 2.25 bits per heavy atom. The summed E-state index contributed by atoms with van der Waals surface area (Å²) in [7, 11) is -4.10. The summed E-state index contributed by atoms with van der Waals surface area (Å²) in [6.45, 7) is 0. The molecule has 0 amide bonds. The van der Waals surface area contributed by atoms with Crippen molar-refractivity contribution in [3.8, 4) is 0 Å². The second kappa shape index (κ2) is 2.22. The molecule has 64 valence electrons. The molecule has 1 aromatic carbocycles. The van der Waals surface area contributed by atoms with Crippen LogP contribution in [0.15, 0.2) is 17.0 Å². The lowest BCUT2D eigenvalue weighted by Crippen LogP contribution is -2.11. The molecule has 2 aliphatic carbocycles. The third kappa shape index (κ3) is 1.03. The zero-order valence-electron chi connectivity index (χ0n) is 5.91. The van der Waals surface area contributed by atoms with E-state index in [-0.39, 0.29) is 4.90 Å². The van der Waals surface area contributed by atoms with Crippen molar-refractivity contribution in [2.24, 2.45) is 0 Å². The summed E-state index contributed by atoms with van der Waals surface area (Å²) in [5.74, 6) is 0. The average molecular weight is 205 g/mol. The highest BCUT2D eigenvalue weighted by atomic mass is 35.5. The van der Waals surface area contributed by atoms with Gasteiger partial charge in [-0.15, -0.1) is 0 Å². The highest BCUT2D eigenvalue weighted by Gasteiger charge is 2.24. The molecule has 0 aliphatic heterocycles. The van der Waals surface area contributed by atoms with E-state index in [1.54, 1.807) is 6.07 Å². The Kier molecular flexibility index (Phi) is 1.49. The van der Waals surface area contributed by atoms with Crippen LogP contribution in [-0.2, 0) is 16.5 Å². The molecule has 3 rings (SSSR count). The van der Waals surface area contributed by atoms with Gasteiger partial charge in [-0.1, -0.05) is 17.7 Å². The molecule has 0 radical (unpaired) electrons. The van der Waals surface area contributed by atoms with Gasteiger partial charge in [0.15, 0.2) is 0 Å². The number of benzene rings is 1. The number of fused-ring (bicyclic) bond motifs is 2. The number of rotatable bonds is 1. The molecule has 3 nitrogen and oxygen atoms in total. The molecule has 0 atom stereocenters. The molecule has 5 heteroatoms. The van der Waals surface area contributed by atoms with Gasteiger partial charge in [0, 0.05) is 11.4 Å². The van der Waals surface area contributed by atoms with E-state index in [4.69, 9.17) is 16.2 Å². The fourth-order valence-corrected chi connectivity index (χ4v) is 2.26. The largest absolute Gasteiger partial charge is 0.294 e. The van der Waals surface area contributed by atoms with Gasteiger partial charge in [-0.05, 0) is 17.2 Å². The van der Waals surface area contributed by atoms with Crippen molar-refractivity contribution in [2.75, 3.05) is 0 Å². The van der Waals surface area contributed by atoms with E-state index in [1.165, 1.54) is 6.07 Å². The lowest BCUT2D eigenvalue weighted by Gasteiger charge is -2.19. The molecular weight excluding hydrogens is 200 g/mol. The van der Waals surface area contributed by atoms with Gasteiger partial charge >= 0.3 is 0 Å². The molecule has 0 saturated heterocycles. The van der Waals surface area contributed by atoms with Crippen LogP contribution in [0, 0.1) is 0 Å². The topological polar surface area (TPSA) is 54.4 Å². The molecule has 2 aliphatic rings. The van der Waals surface area contributed by atoms with Crippen LogP contribution in [0.5, 0.6) is 0 Å². The van der Waals surface area contributed by atoms with Crippen molar-refractivity contribution in [2.45, 2.75) is 11.3 Å². The number of hydrogen-bond donors (Lipinski definition) is 1. The van der Waals surface area contributed by atoms with E-state index in [9.17, 15) is 8.42 Å². The average Bonchev–Trinajstić information content (AvgIpc) is 1.81. The number of halogens is 1. The minimum atomic E-state index is -4.10. The third-order valence-electron chi connectivity index (χ3n) is 1.89. The first kappa shape index (κ1) is 8.04. The van der Waals surface area contributed by atoms with Crippen molar-refractivity contribution < 1.29 is 13.0 Å². The summed E-state index contributed by atoms with van der Waals surface area (Å²) < 4.78 is 30.2. The van der Waals surface area contributed by atoms with Crippen LogP contribution in [0.25, 0.3) is 0 Å². The van der Waals surface area contributed by atoms with Gasteiger partial charge < -0.3 is 0 Å². The molecule has 0 fully saturated rings. The second-order valence-electron chi connectivity index (χ2n) is 2.70. The van der Waals surface area contributed by atoms with Crippen LogP contribution in [0.3, 0.4) is 0 Å². The van der Waals surface area contributed by atoms with Crippen LogP contribution in [0.1, 0.15) is 11.1 Å². The second-order valence-corrected chi connectivity index (χ2v) is 4.50. The zero-order chi connectivity index (χ0) is 8.93. The summed E-state index contributed by atoms with van der Waals surface area (Å²) in [5, 5.41) is 0.401. The highest BCUT2D eigenvalue weighted by molar-refractivity contribution is 7.85. The summed E-state index contributed by atoms with van der Waals surface area (Å²) in [4.78, 5) is -0.0671. The predicted octanol–water partition coefficient (Wildman–Crippen LogP) is 1.49. The van der Waals surface area contributed by atoms with Gasteiger partial charge in [0.2, 0.25) is 0 Å². The molecule has 12 heavy (non-hydrogen) atoms. The molecule has 0 saturated carbocycles. The quantitative estimate of drug-likeness (QED) is 0.717. The lowest BCUT2D eigenvalue weighted by molar-refractivity contribution is 0.481. The first-order valence-electron chi connectivity index (χ1n) is 3.27. The van der Waals surface area contributed by atoms with E-state index >= 15 is 0 Å². The summed E-state index contributed by atoms with van der Waals surface area (Å²) >= 11 is 5.69. The Morgan fingerprint density at radius 2 is 1.92 bits per heavy atom. The third-order valence-corrected chi connectivity index (χ3v) is 3.18. The molecule has 0 aromatic heterocycles. The highest BCUT2D eigenvalue weighted by Crippen LogP contribution is 2.34. The Morgan fingerprint density at radius 1 is 1.33 bits per heavy atom. The van der Waals surface area contributed by atoms with Gasteiger partial charge in [-0.3, -0.25) is 4.55 Å². The molecular formula is C7H5ClO3S. The van der Waals surface area contributed by atoms with Crippen molar-refractivity contribution in [1.82, 2.24) is 0 Å². The van der Waals surface area contributed by atoms with Gasteiger partial charge in [0.25, 0.3) is 10.1 Å². The van der Waals surface area contributed by atoms with Crippen LogP contribution < -0.4 is 0 Å². The lowest BCUT2D eigenvalue weighted by atomic mass is 9.93. The van der Waals surface area contributed by atoms with E-state index in [2.05, 4.69) is 0 Å². The maximum Gasteiger partial charge on any atom is 0.294 e. The van der Waals surface area contributed by atoms with Gasteiger partial charge in [-0.25, -0.2) is 0 Å². The first-order valence-corrected chi connectivity index (χ1v) is 5.09. The van der Waals surface area contributed by atoms with E-state index < -0.39 is 10.1 Å². The van der Waals surface area contributed by atoms with Crippen LogP contribution in [-0.4, -0.2) is 13.0 Å². The Bertz CT molecular complexity index is 450. The molecule has 1 N–H and O–H groups in total. The minimum Gasteiger partial charge on any atom is -0.282 e. The minimum absolute atomic E-state index is 0.0671. The Labute approximate surface area is 74.7 Å². The van der Waals surface area contributed by atoms with Crippen molar-refractivity contribution in [3.63, 3.8) is 0 Å². The summed E-state index contributed by atoms with van der Waals surface area (Å²) in [6, 6.07) is 2.95. The monoisotopic (exact) mass is 204 g/mol. The SMILES string of the molecule is O=S(=O)(O)c1cc(Cl)c2cc1C2. The fourth-order valence-electron chi connectivity index (χ4n) is 1.24. The fraction of sp³-hybridized carbons (Fsp3) is 0.143. The summed E-state index contributed by atoms with van der Waals surface area (Å²) in [5.41, 5.74) is 1.57. The number of hydrogen-bond acceptors (Lipinski definition) is 2. The van der Waals surface area contributed by atoms with Crippen molar-refractivity contribution >= 4 is 21.7 Å². The van der Waals surface area contributed by atoms with Gasteiger partial charge in [0.05, 0.1) is 4.90 Å². The smallest absolute Gasteiger partial charge is 0.282 e. The first-order chi connectivity index (χ1) is 5.48. The molecule has 1 aromatic rings. The Hall–Kier alpha value is -0.580. The predicted molar refractivity (Wildman–Crippen MR) is 44.1 cm³/mol. The van der Waals surface area contributed by atoms with Crippen LogP contribution in [0.2, 0.25) is 5.02 Å². The molecule has 0 spiro atoms. The molecule has 0 unspecified atom stereocenters. The van der Waals surface area contributed by atoms with Crippen LogP contribution in [0.4, 0.5) is 0 Å². The van der Waals surface area contributed by atoms with Crippen molar-refractivity contribution in [1.29, 1.82) is 0 Å². The maximum atomic E-state index is 10.7. The van der Waals surface area contributed by atoms with Gasteiger partial charge in [0.1, 0.15) is 0 Å². The standard InChI is InChI=1S/C7H5ClO3S/c8-6-3-7(12(9,10)11)5-1-4(6)2-5/h1,3H,2H2,(H,9,10,11). The molecule has 2 bridgehead atoms. The zero-order valence-corrected chi connectivity index (χ0v) is 7.48. The Balaban J connectivity index is 2.71. The van der Waals surface area contributed by atoms with E-state index in [0.29, 0.717) is 17.0 Å².